The number of ether oxygens (including phenoxy) is 2. The Kier molecular flexibility index (Phi) is 13.2. The maximum absolute atomic E-state index is 15.1. The number of rotatable bonds is 10. The van der Waals surface area contributed by atoms with Crippen LogP contribution in [0, 0.1) is 19.7 Å². The Labute approximate surface area is 281 Å². The molecule has 0 spiro atoms. The van der Waals surface area contributed by atoms with Crippen molar-refractivity contribution in [2.45, 2.75) is 72.5 Å². The number of H-pyrrole nitrogens is 1. The molecule has 4 heterocycles. The van der Waals surface area contributed by atoms with Gasteiger partial charge in [-0.1, -0.05) is 19.9 Å². The molecule has 0 bridgehead atoms. The summed E-state index contributed by atoms with van der Waals surface area (Å²) >= 11 is 0. The van der Waals surface area contributed by atoms with Crippen molar-refractivity contribution in [1.82, 2.24) is 20.2 Å². The average Bonchev–Trinajstić information content (AvgIpc) is 3.08. The summed E-state index contributed by atoms with van der Waals surface area (Å²) in [5, 5.41) is 9.83. The second kappa shape index (κ2) is 17.3. The maximum Gasteiger partial charge on any atom is 0.290 e. The van der Waals surface area contributed by atoms with Crippen LogP contribution < -0.4 is 15.8 Å². The van der Waals surface area contributed by atoms with Crippen LogP contribution in [0.3, 0.4) is 0 Å². The topological polar surface area (TPSA) is 137 Å². The van der Waals surface area contributed by atoms with Gasteiger partial charge in [-0.05, 0) is 68.9 Å². The number of pyridine rings is 2. The molecule has 2 aliphatic rings. The van der Waals surface area contributed by atoms with E-state index in [1.807, 2.05) is 39.1 Å². The van der Waals surface area contributed by atoms with E-state index in [9.17, 15) is 9.59 Å². The van der Waals surface area contributed by atoms with Gasteiger partial charge in [-0.15, -0.1) is 0 Å². The predicted molar refractivity (Wildman–Crippen MR) is 183 cm³/mol. The van der Waals surface area contributed by atoms with Crippen molar-refractivity contribution in [3.8, 4) is 11.1 Å². The number of carbonyl (C=O) groups is 2. The standard InChI is InChI=1S/C35H46FN5O4.CH2O2/c1-6-41(28-9-13-44-14-10-28)31-18-26(25-7-8-27(37-19-25)21-40-11-15-45-16-12-40)17-29(23(31)4)34(42)38-20-30-32(22(2)3)33(36)24(5)39-35(30)43;2-1-3/h7-8,17-19,22,28H,6,9-16,20-21H2,1-5H3,(H,38,42)(H,39,43);1H,(H,2,3). The fraction of sp³-hybridized carbons (Fsp3) is 0.500. The van der Waals surface area contributed by atoms with Crippen LogP contribution in [0.2, 0.25) is 0 Å². The third kappa shape index (κ3) is 8.86. The molecule has 11 nitrogen and oxygen atoms in total. The molecular formula is C36H48FN5O6. The highest BCUT2D eigenvalue weighted by Crippen LogP contribution is 2.34. The first-order valence-electron chi connectivity index (χ1n) is 16.6. The number of carbonyl (C=O) groups excluding carboxylic acids is 1. The van der Waals surface area contributed by atoms with E-state index in [0.29, 0.717) is 30.4 Å². The molecule has 0 radical (unpaired) electrons. The Balaban J connectivity index is 0.00000167. The van der Waals surface area contributed by atoms with E-state index in [-0.39, 0.29) is 41.7 Å². The van der Waals surface area contributed by atoms with Gasteiger partial charge in [-0.2, -0.15) is 0 Å². The van der Waals surface area contributed by atoms with Crippen molar-refractivity contribution in [2.24, 2.45) is 0 Å². The number of aromatic nitrogens is 2. The first kappa shape index (κ1) is 36.7. The molecule has 0 atom stereocenters. The third-order valence-corrected chi connectivity index (χ3v) is 9.02. The molecule has 2 saturated heterocycles. The Morgan fingerprint density at radius 1 is 1.15 bits per heavy atom. The summed E-state index contributed by atoms with van der Waals surface area (Å²) < 4.78 is 26.2. The van der Waals surface area contributed by atoms with Crippen molar-refractivity contribution in [1.29, 1.82) is 0 Å². The summed E-state index contributed by atoms with van der Waals surface area (Å²) in [5.74, 6) is -0.967. The van der Waals surface area contributed by atoms with Gasteiger partial charge in [0.15, 0.2) is 0 Å². The molecule has 3 N–H and O–H groups in total. The lowest BCUT2D eigenvalue weighted by Gasteiger charge is -2.37. The minimum absolute atomic E-state index is 0.0763. The van der Waals surface area contributed by atoms with E-state index in [1.54, 1.807) is 6.92 Å². The second-order valence-electron chi connectivity index (χ2n) is 12.5. The molecule has 0 aliphatic carbocycles. The SMILES string of the molecule is CCN(c1cc(-c2ccc(CN3CCOCC3)nc2)cc(C(=O)NCc2c(C(C)C)c(F)c(C)[nH]c2=O)c1C)C1CCOCC1.O=CO. The monoisotopic (exact) mass is 665 g/mol. The number of morpholine rings is 1. The molecule has 1 amide bonds. The van der Waals surface area contributed by atoms with E-state index in [0.717, 1.165) is 80.3 Å². The first-order chi connectivity index (χ1) is 23.1. The van der Waals surface area contributed by atoms with Crippen molar-refractivity contribution < 1.29 is 28.6 Å². The van der Waals surface area contributed by atoms with Gasteiger partial charge in [0.25, 0.3) is 17.9 Å². The molecule has 0 unspecified atom stereocenters. The number of hydrogen-bond donors (Lipinski definition) is 3. The largest absolute Gasteiger partial charge is 0.483 e. The van der Waals surface area contributed by atoms with E-state index >= 15 is 4.39 Å². The fourth-order valence-electron chi connectivity index (χ4n) is 6.50. The summed E-state index contributed by atoms with van der Waals surface area (Å²) in [4.78, 5) is 47.2. The van der Waals surface area contributed by atoms with E-state index in [2.05, 4.69) is 39.2 Å². The van der Waals surface area contributed by atoms with Gasteiger partial charge in [-0.25, -0.2) is 4.39 Å². The maximum atomic E-state index is 15.1. The molecule has 0 saturated carbocycles. The Morgan fingerprint density at radius 3 is 2.42 bits per heavy atom. The number of hydrogen-bond acceptors (Lipinski definition) is 8. The van der Waals surface area contributed by atoms with Crippen LogP contribution in [0.1, 0.15) is 78.0 Å². The summed E-state index contributed by atoms with van der Waals surface area (Å²) in [6, 6.07) is 8.46. The summed E-state index contributed by atoms with van der Waals surface area (Å²) in [7, 11) is 0. The van der Waals surface area contributed by atoms with E-state index < -0.39 is 5.82 Å². The van der Waals surface area contributed by atoms with Crippen LogP contribution in [-0.4, -0.2) is 84.5 Å². The van der Waals surface area contributed by atoms with Crippen LogP contribution in [0.5, 0.6) is 0 Å². The number of aryl methyl sites for hydroxylation is 1. The first-order valence-corrected chi connectivity index (χ1v) is 16.6. The summed E-state index contributed by atoms with van der Waals surface area (Å²) in [6.45, 7) is 15.2. The molecule has 3 aromatic rings. The number of nitrogens with zero attached hydrogens (tertiary/aromatic N) is 3. The summed E-state index contributed by atoms with van der Waals surface area (Å²) in [5.41, 5.74) is 5.54. The normalized spacial score (nSPS) is 15.5. The Morgan fingerprint density at radius 2 is 1.81 bits per heavy atom. The molecule has 2 fully saturated rings. The molecule has 48 heavy (non-hydrogen) atoms. The molecule has 1 aromatic carbocycles. The smallest absolute Gasteiger partial charge is 0.290 e. The van der Waals surface area contributed by atoms with Crippen molar-refractivity contribution in [3.63, 3.8) is 0 Å². The van der Waals surface area contributed by atoms with Crippen LogP contribution >= 0.6 is 0 Å². The quantitative estimate of drug-likeness (QED) is 0.261. The van der Waals surface area contributed by atoms with E-state index in [4.69, 9.17) is 24.4 Å². The van der Waals surface area contributed by atoms with E-state index in [1.165, 1.54) is 0 Å². The minimum atomic E-state index is -0.436. The zero-order valence-corrected chi connectivity index (χ0v) is 28.6. The number of carboxylic acid groups (broad SMARTS) is 1. The highest BCUT2D eigenvalue weighted by molar-refractivity contribution is 5.99. The zero-order valence-electron chi connectivity index (χ0n) is 28.6. The highest BCUT2D eigenvalue weighted by atomic mass is 19.1. The Hall–Kier alpha value is -4.13. The van der Waals surface area contributed by atoms with Gasteiger partial charge < -0.3 is 29.8 Å². The molecule has 5 rings (SSSR count). The lowest BCUT2D eigenvalue weighted by Crippen LogP contribution is -2.40. The van der Waals surface area contributed by atoms with Crippen molar-refractivity contribution >= 4 is 18.1 Å². The molecule has 2 aliphatic heterocycles. The van der Waals surface area contributed by atoms with Crippen LogP contribution in [0.15, 0.2) is 35.3 Å². The highest BCUT2D eigenvalue weighted by Gasteiger charge is 2.26. The van der Waals surface area contributed by atoms with Crippen LogP contribution in [-0.2, 0) is 27.4 Å². The summed E-state index contributed by atoms with van der Waals surface area (Å²) in [6.07, 6.45) is 3.70. The number of benzene rings is 1. The van der Waals surface area contributed by atoms with Gasteiger partial charge >= 0.3 is 0 Å². The number of nitrogens with one attached hydrogen (secondary N) is 2. The zero-order chi connectivity index (χ0) is 34.8. The van der Waals surface area contributed by atoms with Crippen LogP contribution in [0.4, 0.5) is 10.1 Å². The number of halogens is 1. The Bertz CT molecular complexity index is 1600. The van der Waals surface area contributed by atoms with Gasteiger partial charge in [0.2, 0.25) is 0 Å². The van der Waals surface area contributed by atoms with Gasteiger partial charge in [-0.3, -0.25) is 24.3 Å². The fourth-order valence-corrected chi connectivity index (χ4v) is 6.50. The van der Waals surface area contributed by atoms with Crippen molar-refractivity contribution in [3.05, 3.63) is 80.3 Å². The lowest BCUT2D eigenvalue weighted by molar-refractivity contribution is -0.122. The number of amides is 1. The van der Waals surface area contributed by atoms with Crippen molar-refractivity contribution in [2.75, 3.05) is 51.0 Å². The van der Waals surface area contributed by atoms with Crippen LogP contribution in [0.25, 0.3) is 11.1 Å². The third-order valence-electron chi connectivity index (χ3n) is 9.02. The lowest BCUT2D eigenvalue weighted by atomic mass is 9.95. The molecular weight excluding hydrogens is 617 g/mol. The van der Waals surface area contributed by atoms with Gasteiger partial charge in [0, 0.05) is 86.1 Å². The molecule has 260 valence electrons. The van der Waals surface area contributed by atoms with Gasteiger partial charge in [0.05, 0.1) is 24.6 Å². The average molecular weight is 666 g/mol. The van der Waals surface area contributed by atoms with Gasteiger partial charge in [0.1, 0.15) is 5.82 Å². The molecule has 2 aromatic heterocycles. The predicted octanol–water partition coefficient (Wildman–Crippen LogP) is 4.78. The minimum Gasteiger partial charge on any atom is -0.483 e. The number of aromatic amines is 1. The number of anilines is 1. The second-order valence-corrected chi connectivity index (χ2v) is 12.5. The molecule has 12 heteroatoms.